The van der Waals surface area contributed by atoms with E-state index in [1.165, 1.54) is 19.3 Å². The molecular weight excluding hydrogens is 208 g/mol. The highest BCUT2D eigenvalue weighted by atomic mass is 32.2. The molecule has 0 aromatic rings. The zero-order valence-electron chi connectivity index (χ0n) is 9.29. The molecule has 1 aliphatic carbocycles. The molecule has 15 heavy (non-hydrogen) atoms. The molecule has 2 unspecified atom stereocenters. The highest BCUT2D eigenvalue weighted by Crippen LogP contribution is 2.34. The van der Waals surface area contributed by atoms with Gasteiger partial charge in [0, 0.05) is 17.7 Å². The van der Waals surface area contributed by atoms with Gasteiger partial charge in [-0.1, -0.05) is 19.8 Å². The third kappa shape index (κ3) is 3.38. The Morgan fingerprint density at radius 1 is 1.60 bits per heavy atom. The fourth-order valence-electron chi connectivity index (χ4n) is 1.95. The lowest BCUT2D eigenvalue weighted by atomic mass is 10.1. The van der Waals surface area contributed by atoms with Gasteiger partial charge in [-0.25, -0.2) is 0 Å². The molecule has 2 rings (SSSR count). The zero-order chi connectivity index (χ0) is 10.7. The van der Waals surface area contributed by atoms with E-state index >= 15 is 0 Å². The molecule has 1 saturated heterocycles. The molecule has 2 fully saturated rings. The summed E-state index contributed by atoms with van der Waals surface area (Å²) < 4.78 is 0. The quantitative estimate of drug-likeness (QED) is 0.746. The molecule has 86 valence electrons. The summed E-state index contributed by atoms with van der Waals surface area (Å²) in [4.78, 5) is 11.8. The molecule has 2 N–H and O–H groups in total. The molecule has 0 spiro atoms. The Morgan fingerprint density at radius 2 is 2.40 bits per heavy atom. The topological polar surface area (TPSA) is 41.1 Å². The normalized spacial score (nSPS) is 27.7. The second-order valence-corrected chi connectivity index (χ2v) is 5.59. The minimum absolute atomic E-state index is 0.0447. The minimum Gasteiger partial charge on any atom is -0.352 e. The van der Waals surface area contributed by atoms with E-state index in [4.69, 9.17) is 0 Å². The van der Waals surface area contributed by atoms with Crippen LogP contribution >= 0.6 is 11.8 Å². The van der Waals surface area contributed by atoms with Crippen LogP contribution in [0, 0.1) is 5.92 Å². The van der Waals surface area contributed by atoms with Gasteiger partial charge in [0.05, 0.1) is 6.04 Å². The highest BCUT2D eigenvalue weighted by Gasteiger charge is 2.28. The number of carbonyl (C=O) groups excluding carboxylic acids is 1. The van der Waals surface area contributed by atoms with Gasteiger partial charge in [-0.2, -0.15) is 0 Å². The van der Waals surface area contributed by atoms with Crippen LogP contribution < -0.4 is 10.6 Å². The first-order valence-electron chi connectivity index (χ1n) is 5.91. The Kier molecular flexibility index (Phi) is 3.92. The van der Waals surface area contributed by atoms with Crippen molar-refractivity contribution >= 4 is 17.7 Å². The van der Waals surface area contributed by atoms with Gasteiger partial charge in [0.15, 0.2) is 0 Å². The summed E-state index contributed by atoms with van der Waals surface area (Å²) in [6.45, 7) is 2.16. The summed E-state index contributed by atoms with van der Waals surface area (Å²) in [6, 6.07) is 0.445. The van der Waals surface area contributed by atoms with Gasteiger partial charge >= 0.3 is 0 Å². The SMILES string of the molecule is CCC(CC1CC1)NC(=O)C1CSCN1. The maximum absolute atomic E-state index is 11.8. The van der Waals surface area contributed by atoms with Crippen LogP contribution in [0.3, 0.4) is 0 Å². The third-order valence-electron chi connectivity index (χ3n) is 3.19. The Labute approximate surface area is 95.8 Å². The molecule has 0 aromatic heterocycles. The van der Waals surface area contributed by atoms with Crippen LogP contribution in [0.1, 0.15) is 32.6 Å². The van der Waals surface area contributed by atoms with Gasteiger partial charge in [0.25, 0.3) is 0 Å². The van der Waals surface area contributed by atoms with Crippen molar-refractivity contribution in [3.63, 3.8) is 0 Å². The summed E-state index contributed by atoms with van der Waals surface area (Å²) in [5.74, 6) is 2.93. The number of hydrogen-bond acceptors (Lipinski definition) is 3. The smallest absolute Gasteiger partial charge is 0.238 e. The van der Waals surface area contributed by atoms with E-state index in [1.807, 2.05) is 0 Å². The molecule has 1 amide bonds. The molecular formula is C11H20N2OS. The molecule has 0 radical (unpaired) electrons. The second-order valence-electron chi connectivity index (χ2n) is 4.56. The fraction of sp³-hybridized carbons (Fsp3) is 0.909. The number of rotatable bonds is 5. The maximum Gasteiger partial charge on any atom is 0.238 e. The van der Waals surface area contributed by atoms with Crippen LogP contribution in [0.5, 0.6) is 0 Å². The first-order valence-corrected chi connectivity index (χ1v) is 7.06. The number of amides is 1. The van der Waals surface area contributed by atoms with Gasteiger partial charge in [-0.3, -0.25) is 10.1 Å². The van der Waals surface area contributed by atoms with Gasteiger partial charge in [-0.05, 0) is 18.8 Å². The molecule has 1 aliphatic heterocycles. The second kappa shape index (κ2) is 5.21. The molecule has 0 aromatic carbocycles. The first-order chi connectivity index (χ1) is 7.29. The van der Waals surface area contributed by atoms with Crippen LogP contribution in [0.2, 0.25) is 0 Å². The van der Waals surface area contributed by atoms with Crippen LogP contribution in [0.15, 0.2) is 0 Å². The van der Waals surface area contributed by atoms with E-state index in [0.29, 0.717) is 6.04 Å². The Balaban J connectivity index is 1.74. The molecule has 1 saturated carbocycles. The molecule has 1 heterocycles. The number of nitrogens with one attached hydrogen (secondary N) is 2. The van der Waals surface area contributed by atoms with E-state index in [1.54, 1.807) is 11.8 Å². The average molecular weight is 228 g/mol. The van der Waals surface area contributed by atoms with Crippen molar-refractivity contribution in [1.29, 1.82) is 0 Å². The van der Waals surface area contributed by atoms with E-state index in [-0.39, 0.29) is 11.9 Å². The lowest BCUT2D eigenvalue weighted by Crippen LogP contribution is -2.46. The lowest BCUT2D eigenvalue weighted by Gasteiger charge is -2.19. The summed E-state index contributed by atoms with van der Waals surface area (Å²) in [5, 5.41) is 6.37. The van der Waals surface area contributed by atoms with Crippen LogP contribution in [0.4, 0.5) is 0 Å². The fourth-order valence-corrected chi connectivity index (χ4v) is 2.89. The Morgan fingerprint density at radius 3 is 2.93 bits per heavy atom. The van der Waals surface area contributed by atoms with E-state index in [9.17, 15) is 4.79 Å². The van der Waals surface area contributed by atoms with Crippen LogP contribution in [-0.2, 0) is 4.79 Å². The molecule has 4 heteroatoms. The van der Waals surface area contributed by atoms with Crippen molar-refractivity contribution in [2.75, 3.05) is 11.6 Å². The predicted molar refractivity (Wildman–Crippen MR) is 63.8 cm³/mol. The van der Waals surface area contributed by atoms with Gasteiger partial charge in [-0.15, -0.1) is 11.8 Å². The summed E-state index contributed by atoms with van der Waals surface area (Å²) in [5.41, 5.74) is 0. The number of thioether (sulfide) groups is 1. The van der Waals surface area contributed by atoms with Crippen molar-refractivity contribution < 1.29 is 4.79 Å². The van der Waals surface area contributed by atoms with Gasteiger partial charge < -0.3 is 5.32 Å². The largest absolute Gasteiger partial charge is 0.352 e. The highest BCUT2D eigenvalue weighted by molar-refractivity contribution is 7.99. The Bertz CT molecular complexity index is 225. The summed E-state index contributed by atoms with van der Waals surface area (Å²) >= 11 is 1.80. The third-order valence-corrected chi connectivity index (χ3v) is 4.13. The van der Waals surface area contributed by atoms with E-state index < -0.39 is 0 Å². The van der Waals surface area contributed by atoms with Crippen LogP contribution in [0.25, 0.3) is 0 Å². The zero-order valence-corrected chi connectivity index (χ0v) is 10.1. The van der Waals surface area contributed by atoms with Crippen molar-refractivity contribution in [2.24, 2.45) is 5.92 Å². The minimum atomic E-state index is 0.0447. The molecule has 2 atom stereocenters. The van der Waals surface area contributed by atoms with Crippen molar-refractivity contribution in [3.8, 4) is 0 Å². The van der Waals surface area contributed by atoms with Crippen LogP contribution in [-0.4, -0.2) is 29.6 Å². The summed E-state index contributed by atoms with van der Waals surface area (Å²) in [7, 11) is 0. The lowest BCUT2D eigenvalue weighted by molar-refractivity contribution is -0.123. The number of carbonyl (C=O) groups is 1. The molecule has 0 bridgehead atoms. The predicted octanol–water partition coefficient (Wildman–Crippen LogP) is 1.34. The molecule has 3 nitrogen and oxygen atoms in total. The van der Waals surface area contributed by atoms with E-state index in [2.05, 4.69) is 17.6 Å². The monoisotopic (exact) mass is 228 g/mol. The number of hydrogen-bond donors (Lipinski definition) is 2. The first kappa shape index (κ1) is 11.3. The van der Waals surface area contributed by atoms with E-state index in [0.717, 1.165) is 24.0 Å². The average Bonchev–Trinajstić information content (AvgIpc) is 2.88. The standard InChI is InChI=1S/C11H20N2OS/c1-2-9(5-8-3-4-8)13-11(14)10-6-15-7-12-10/h8-10,12H,2-7H2,1H3,(H,13,14). The van der Waals surface area contributed by atoms with Crippen molar-refractivity contribution in [2.45, 2.75) is 44.7 Å². The molecule has 2 aliphatic rings. The van der Waals surface area contributed by atoms with Crippen molar-refractivity contribution in [1.82, 2.24) is 10.6 Å². The van der Waals surface area contributed by atoms with Gasteiger partial charge in [0.1, 0.15) is 0 Å². The maximum atomic E-state index is 11.8. The Hall–Kier alpha value is -0.220. The van der Waals surface area contributed by atoms with Gasteiger partial charge in [0.2, 0.25) is 5.91 Å². The summed E-state index contributed by atoms with van der Waals surface area (Å²) in [6.07, 6.45) is 4.97. The van der Waals surface area contributed by atoms with Crippen molar-refractivity contribution in [3.05, 3.63) is 0 Å².